The van der Waals surface area contributed by atoms with E-state index in [4.69, 9.17) is 0 Å². The van der Waals surface area contributed by atoms with E-state index < -0.39 is 10.0 Å². The Labute approximate surface area is 118 Å². The lowest BCUT2D eigenvalue weighted by Crippen LogP contribution is -2.24. The fraction of sp³-hybridized carbons (Fsp3) is 0.600. The third-order valence-electron chi connectivity index (χ3n) is 2.17. The Morgan fingerprint density at radius 1 is 1.26 bits per heavy atom. The van der Waals surface area contributed by atoms with Crippen molar-refractivity contribution in [3.63, 3.8) is 0 Å². The number of sulfonamides is 1. The van der Waals surface area contributed by atoms with Crippen LogP contribution in [0.1, 0.15) is 6.42 Å². The van der Waals surface area contributed by atoms with Gasteiger partial charge in [-0.05, 0) is 12.7 Å². The summed E-state index contributed by atoms with van der Waals surface area (Å²) in [7, 11) is -1.31. The molecule has 0 spiro atoms. The second kappa shape index (κ2) is 7.51. The minimum atomic E-state index is -3.11. The van der Waals surface area contributed by atoms with Crippen molar-refractivity contribution in [2.24, 2.45) is 0 Å². The normalized spacial score (nSPS) is 11.3. The zero-order chi connectivity index (χ0) is 14.3. The van der Waals surface area contributed by atoms with E-state index in [0.29, 0.717) is 24.7 Å². The van der Waals surface area contributed by atoms with E-state index in [-0.39, 0.29) is 0 Å². The second-order valence-corrected chi connectivity index (χ2v) is 6.43. The van der Waals surface area contributed by atoms with Crippen molar-refractivity contribution in [3.8, 4) is 0 Å². The number of rotatable bonds is 8. The van der Waals surface area contributed by atoms with Crippen LogP contribution >= 0.6 is 11.8 Å². The summed E-state index contributed by atoms with van der Waals surface area (Å²) in [5.74, 6) is 1.47. The zero-order valence-electron chi connectivity index (χ0n) is 11.2. The monoisotopic (exact) mass is 305 g/mol. The summed E-state index contributed by atoms with van der Waals surface area (Å²) in [6.45, 7) is 1.04. The number of thioether (sulfide) groups is 1. The van der Waals surface area contributed by atoms with E-state index in [1.165, 1.54) is 11.8 Å². The molecular weight excluding hydrogens is 286 g/mol. The first kappa shape index (κ1) is 16.0. The molecule has 108 valence electrons. The standard InChI is InChI=1S/C10H19N5O2S2/c1-11-8-7-9(15-10(14-8)18-2)12-5-4-6-13-19(3,16)17/h7,13H,4-6H2,1-3H3,(H2,11,12,14,15). The van der Waals surface area contributed by atoms with Gasteiger partial charge in [0.2, 0.25) is 10.0 Å². The minimum absolute atomic E-state index is 0.408. The Kier molecular flexibility index (Phi) is 6.32. The highest BCUT2D eigenvalue weighted by Crippen LogP contribution is 2.16. The molecular formula is C10H19N5O2S2. The maximum Gasteiger partial charge on any atom is 0.208 e. The van der Waals surface area contributed by atoms with E-state index in [1.807, 2.05) is 12.3 Å². The van der Waals surface area contributed by atoms with E-state index in [2.05, 4.69) is 25.3 Å². The van der Waals surface area contributed by atoms with E-state index >= 15 is 0 Å². The molecule has 0 aliphatic carbocycles. The number of anilines is 2. The molecule has 0 atom stereocenters. The summed E-state index contributed by atoms with van der Waals surface area (Å²) in [5, 5.41) is 6.79. The molecule has 0 saturated carbocycles. The topological polar surface area (TPSA) is 96.0 Å². The highest BCUT2D eigenvalue weighted by atomic mass is 32.2. The third kappa shape index (κ3) is 6.60. The maximum absolute atomic E-state index is 10.9. The van der Waals surface area contributed by atoms with Crippen LogP contribution in [-0.2, 0) is 10.0 Å². The predicted molar refractivity (Wildman–Crippen MR) is 79.3 cm³/mol. The summed E-state index contributed by atoms with van der Waals surface area (Å²) >= 11 is 1.47. The molecule has 0 fully saturated rings. The van der Waals surface area contributed by atoms with Gasteiger partial charge < -0.3 is 10.6 Å². The Hall–Kier alpha value is -1.06. The summed E-state index contributed by atoms with van der Waals surface area (Å²) < 4.78 is 24.2. The minimum Gasteiger partial charge on any atom is -0.373 e. The Bertz CT molecular complexity index is 484. The third-order valence-corrected chi connectivity index (χ3v) is 3.44. The molecule has 9 heteroatoms. The van der Waals surface area contributed by atoms with Crippen LogP contribution in [0.2, 0.25) is 0 Å². The lowest BCUT2D eigenvalue weighted by Gasteiger charge is -2.08. The second-order valence-electron chi connectivity index (χ2n) is 3.82. The van der Waals surface area contributed by atoms with Crippen molar-refractivity contribution >= 4 is 33.4 Å². The van der Waals surface area contributed by atoms with Gasteiger partial charge in [-0.15, -0.1) is 0 Å². The Morgan fingerprint density at radius 3 is 2.53 bits per heavy atom. The van der Waals surface area contributed by atoms with Crippen molar-refractivity contribution in [2.45, 2.75) is 11.6 Å². The molecule has 0 aromatic carbocycles. The van der Waals surface area contributed by atoms with Gasteiger partial charge in [-0.2, -0.15) is 0 Å². The van der Waals surface area contributed by atoms with Gasteiger partial charge in [-0.1, -0.05) is 11.8 Å². The van der Waals surface area contributed by atoms with Gasteiger partial charge in [-0.3, -0.25) is 0 Å². The van der Waals surface area contributed by atoms with Gasteiger partial charge in [0.1, 0.15) is 11.6 Å². The summed E-state index contributed by atoms with van der Waals surface area (Å²) in [6.07, 6.45) is 3.74. The van der Waals surface area contributed by atoms with Crippen molar-refractivity contribution in [3.05, 3.63) is 6.07 Å². The quantitative estimate of drug-likeness (QED) is 0.367. The molecule has 0 unspecified atom stereocenters. The lowest BCUT2D eigenvalue weighted by atomic mass is 10.4. The average Bonchev–Trinajstić information content (AvgIpc) is 2.36. The van der Waals surface area contributed by atoms with Crippen molar-refractivity contribution in [1.29, 1.82) is 0 Å². The van der Waals surface area contributed by atoms with E-state index in [1.54, 1.807) is 7.05 Å². The fourth-order valence-corrected chi connectivity index (χ4v) is 2.19. The molecule has 1 heterocycles. The van der Waals surface area contributed by atoms with Crippen LogP contribution in [-0.4, -0.2) is 51.0 Å². The average molecular weight is 305 g/mol. The van der Waals surface area contributed by atoms with Crippen LogP contribution in [0.5, 0.6) is 0 Å². The number of nitrogens with one attached hydrogen (secondary N) is 3. The summed E-state index contributed by atoms with van der Waals surface area (Å²) in [6, 6.07) is 1.81. The first-order chi connectivity index (χ1) is 8.94. The highest BCUT2D eigenvalue weighted by Gasteiger charge is 2.03. The molecule has 1 aromatic rings. The number of hydrogen-bond donors (Lipinski definition) is 3. The van der Waals surface area contributed by atoms with E-state index in [0.717, 1.165) is 17.9 Å². The molecule has 0 bridgehead atoms. The van der Waals surface area contributed by atoms with Crippen molar-refractivity contribution in [2.75, 3.05) is 43.3 Å². The smallest absolute Gasteiger partial charge is 0.208 e. The molecule has 0 radical (unpaired) electrons. The van der Waals surface area contributed by atoms with Crippen molar-refractivity contribution < 1.29 is 8.42 Å². The van der Waals surface area contributed by atoms with Crippen LogP contribution in [0.4, 0.5) is 11.6 Å². The summed E-state index contributed by atoms with van der Waals surface area (Å²) in [4.78, 5) is 8.56. The lowest BCUT2D eigenvalue weighted by molar-refractivity contribution is 0.586. The van der Waals surface area contributed by atoms with Crippen molar-refractivity contribution in [1.82, 2.24) is 14.7 Å². The Morgan fingerprint density at radius 2 is 1.95 bits per heavy atom. The predicted octanol–water partition coefficient (Wildman–Crippen LogP) is 0.591. The SMILES string of the molecule is CNc1cc(NCCCNS(C)(=O)=O)nc(SC)n1. The highest BCUT2D eigenvalue weighted by molar-refractivity contribution is 7.98. The van der Waals surface area contributed by atoms with Crippen LogP contribution in [0.25, 0.3) is 0 Å². The molecule has 0 aliphatic rings. The van der Waals surface area contributed by atoms with Gasteiger partial charge in [0, 0.05) is 26.2 Å². The molecule has 3 N–H and O–H groups in total. The van der Waals surface area contributed by atoms with Gasteiger partial charge in [0.15, 0.2) is 5.16 Å². The molecule has 0 saturated heterocycles. The molecule has 0 aliphatic heterocycles. The molecule has 7 nitrogen and oxygen atoms in total. The van der Waals surface area contributed by atoms with Crippen LogP contribution < -0.4 is 15.4 Å². The zero-order valence-corrected chi connectivity index (χ0v) is 12.9. The van der Waals surface area contributed by atoms with Crippen LogP contribution in [0.3, 0.4) is 0 Å². The van der Waals surface area contributed by atoms with Crippen LogP contribution in [0, 0.1) is 0 Å². The van der Waals surface area contributed by atoms with Gasteiger partial charge in [0.05, 0.1) is 6.26 Å². The van der Waals surface area contributed by atoms with E-state index in [9.17, 15) is 8.42 Å². The largest absolute Gasteiger partial charge is 0.373 e. The molecule has 1 aromatic heterocycles. The van der Waals surface area contributed by atoms with Gasteiger partial charge in [-0.25, -0.2) is 23.1 Å². The number of nitrogens with zero attached hydrogens (tertiary/aromatic N) is 2. The number of aromatic nitrogens is 2. The molecule has 19 heavy (non-hydrogen) atoms. The Balaban J connectivity index is 2.44. The molecule has 0 amide bonds. The first-order valence-electron chi connectivity index (χ1n) is 5.74. The molecule has 1 rings (SSSR count). The first-order valence-corrected chi connectivity index (χ1v) is 8.85. The maximum atomic E-state index is 10.9. The van der Waals surface area contributed by atoms with Crippen LogP contribution in [0.15, 0.2) is 11.2 Å². The number of hydrogen-bond acceptors (Lipinski definition) is 7. The summed E-state index contributed by atoms with van der Waals surface area (Å²) in [5.41, 5.74) is 0. The fourth-order valence-electron chi connectivity index (χ4n) is 1.30. The van der Waals surface area contributed by atoms with Gasteiger partial charge >= 0.3 is 0 Å². The van der Waals surface area contributed by atoms with Gasteiger partial charge in [0.25, 0.3) is 0 Å².